The maximum atomic E-state index is 14.8. The number of halogens is 2. The number of carbonyl (C=O) groups excluding carboxylic acids is 2. The van der Waals surface area contributed by atoms with Crippen molar-refractivity contribution in [3.8, 4) is 28.7 Å². The molecule has 42 heteroatoms. The van der Waals surface area contributed by atoms with E-state index in [0.717, 1.165) is 88.7 Å². The molecule has 149 heavy (non-hydrogen) atoms. The third kappa shape index (κ3) is 30.5. The number of rotatable bonds is 26. The molecule has 6 fully saturated rings. The molecule has 0 bridgehead atoms. The number of alkyl halides is 2. The highest BCUT2D eigenvalue weighted by Gasteiger charge is 2.59. The van der Waals surface area contributed by atoms with Gasteiger partial charge in [0.25, 0.3) is 0 Å². The smallest absolute Gasteiger partial charge is 0.161 e. The van der Waals surface area contributed by atoms with E-state index in [0.29, 0.717) is 38.2 Å². The lowest BCUT2D eigenvalue weighted by atomic mass is 9.82. The first kappa shape index (κ1) is 120. The maximum absolute atomic E-state index is 14.8. The molecule has 0 saturated carbocycles. The van der Waals surface area contributed by atoms with Crippen LogP contribution in [0.25, 0.3) is 0 Å². The monoisotopic (exact) mass is 2190 g/mol. The summed E-state index contributed by atoms with van der Waals surface area (Å²) in [5, 5.41) is 46.1. The van der Waals surface area contributed by atoms with E-state index in [2.05, 4.69) is 18.8 Å². The van der Waals surface area contributed by atoms with E-state index in [1.54, 1.807) is 141 Å². The van der Waals surface area contributed by atoms with Crippen molar-refractivity contribution in [2.75, 3.05) is 120 Å². The second kappa shape index (κ2) is 53.4. The minimum atomic E-state index is -1.72. The molecular weight excluding hydrogens is 2040 g/mol. The van der Waals surface area contributed by atoms with Crippen molar-refractivity contribution in [2.45, 2.75) is 294 Å². The molecule has 1 unspecified atom stereocenters. The summed E-state index contributed by atoms with van der Waals surface area (Å²) < 4.78 is 122. The van der Waals surface area contributed by atoms with Crippen LogP contribution in [0.3, 0.4) is 0 Å². The number of carbonyl (C=O) groups is 2. The fourth-order valence-corrected chi connectivity index (χ4v) is 26.1. The van der Waals surface area contributed by atoms with Gasteiger partial charge in [-0.15, -0.1) is 0 Å². The minimum absolute atomic E-state index is 0.00959. The van der Waals surface area contributed by atoms with Crippen LogP contribution < -0.4 is 23.7 Å². The fourth-order valence-electron chi connectivity index (χ4n) is 19.3. The van der Waals surface area contributed by atoms with E-state index >= 15 is 0 Å². The van der Waals surface area contributed by atoms with Crippen LogP contribution in [-0.4, -0.2) is 384 Å². The Morgan fingerprint density at radius 2 is 0.604 bits per heavy atom. The van der Waals surface area contributed by atoms with Crippen LogP contribution in [0.15, 0.2) is 151 Å². The third-order valence-electron chi connectivity index (χ3n) is 27.4. The van der Waals surface area contributed by atoms with Crippen LogP contribution in [0.5, 0.6) is 28.7 Å². The maximum Gasteiger partial charge on any atom is 0.161 e. The molecular formula is C107H156F2N12O22S6. The van der Waals surface area contributed by atoms with Gasteiger partial charge < -0.3 is 130 Å². The number of hydrogen-bond donors (Lipinski definition) is 4. The third-order valence-corrected chi connectivity index (χ3v) is 35.2. The number of ketones is 1. The number of aldehydes is 1. The van der Waals surface area contributed by atoms with Gasteiger partial charge in [-0.05, 0) is 144 Å². The lowest BCUT2D eigenvalue weighted by molar-refractivity contribution is -0.192. The van der Waals surface area contributed by atoms with E-state index in [-0.39, 0.29) is 135 Å². The van der Waals surface area contributed by atoms with Crippen LogP contribution in [0.2, 0.25) is 0 Å². The molecule has 0 spiro atoms. The van der Waals surface area contributed by atoms with Gasteiger partial charge >= 0.3 is 0 Å². The first-order chi connectivity index (χ1) is 70.4. The molecule has 12 heterocycles. The number of methoxy groups -OCH3 is 5. The summed E-state index contributed by atoms with van der Waals surface area (Å²) >= 11 is 9.21. The molecule has 31 atom stereocenters. The lowest BCUT2D eigenvalue weighted by Crippen LogP contribution is -2.60. The molecule has 826 valence electrons. The second-order valence-corrected chi connectivity index (χ2v) is 48.2. The van der Waals surface area contributed by atoms with E-state index in [1.807, 2.05) is 251 Å². The minimum Gasteiger partial charge on any atom is -0.497 e. The van der Waals surface area contributed by atoms with Gasteiger partial charge in [0.05, 0.1) is 129 Å². The quantitative estimate of drug-likeness (QED) is 0.0374. The Kier molecular flexibility index (Phi) is 43.1. The molecule has 12 aliphatic heterocycles. The topological polar surface area (TPSA) is 356 Å². The SMILES string of the molecule is CN(C)C1=N[C@@H]2[C@@H](O)[C@H](O)[C@@H](C(C)(C)F)O[C@@H]2S1.COc1ccc(CO[C@H]2[C@H](C)[C@@H](C(C)(C)F)O[C@@H]3SC(N(C)C)=N[C@H]23)cc1.COc1ccc(CO[C@H]2[C@H](C)[C@@H](C(C)(C)O)O[C@@H]3SC(N(C)C)=N[C@H]23)cc1.COc1ccc(CO[C@H]2[C@H](C)[C@@H](C(C)=O)O[C@@H]3SC(N(C)C)=N[C@H]23)cc1.COc1ccc(CO[C@H]2[C@H](C)[C@@H](C(C)O)O[C@@H]3SC(N(C)C)=N[C@H]23)cc1.COc1ccc(CO[C@H]2[C@H](C)[C@@H](C=O)O[C@@H]3SC(N(C)C)=N[C@H]23)cc1. The van der Waals surface area contributed by atoms with Crippen molar-refractivity contribution in [3.63, 3.8) is 0 Å². The number of hydrogen-bond acceptors (Lipinski definition) is 40. The van der Waals surface area contributed by atoms with Gasteiger partial charge in [-0.2, -0.15) is 0 Å². The van der Waals surface area contributed by atoms with Crippen molar-refractivity contribution in [3.05, 3.63) is 149 Å². The van der Waals surface area contributed by atoms with Gasteiger partial charge in [-0.25, -0.2) is 8.78 Å². The second-order valence-electron chi connectivity index (χ2n) is 41.8. The van der Waals surface area contributed by atoms with E-state index < -0.39 is 71.1 Å². The number of aliphatic hydroxyl groups is 4. The Hall–Kier alpha value is -7.38. The number of nitrogens with zero attached hydrogens (tertiary/aromatic N) is 12. The largest absolute Gasteiger partial charge is 0.497 e. The zero-order valence-electron chi connectivity index (χ0n) is 91.3. The van der Waals surface area contributed by atoms with Gasteiger partial charge in [-0.3, -0.25) is 34.7 Å². The molecule has 0 radical (unpaired) electrons. The molecule has 17 rings (SSSR count). The highest BCUT2D eigenvalue weighted by molar-refractivity contribution is 8.15. The Bertz CT molecular complexity index is 5190. The van der Waals surface area contributed by atoms with Crippen LogP contribution in [0.1, 0.15) is 118 Å². The number of thioether (sulfide) groups is 6. The molecule has 5 aromatic rings. The Balaban J connectivity index is 0.000000159. The van der Waals surface area contributed by atoms with Gasteiger partial charge in [-0.1, -0.05) is 166 Å². The first-order valence-electron chi connectivity index (χ1n) is 50.2. The number of fused-ring (bicyclic) bond motifs is 6. The summed E-state index contributed by atoms with van der Waals surface area (Å²) in [6.45, 7) is 25.2. The standard InChI is InChI=1S/C20H29FN2O3S.C20H30N2O4S.C19H28N2O4S.C19H26N2O4S.C18H24N2O4S.C11H19FN2O3S/c1-12-16(25-11-13-7-9-14(24-6)10-8-13)15-18(26-17(12)20(2,3)21)27-19(22-15)23(4)5;1-12-16(25-11-13-7-9-14(24-6)10-8-13)15-18(26-17(12)20(2,3)23)27-19(21-15)22(4)5;2*1-11-16(12(2)22)25-18-15(20-19(26-18)21(3)4)17(11)24-10-13-6-8-14(23-5)9-7-13;1-11-14(9-21)24-17-15(19-18(25-17)20(2)3)16(11)23-10-12-5-7-13(22-4)8-6-12;1-11(2,12)8-7(16)6(15)5-9(17-8)18-10(13-5)14(3)4/h7-10,12,15-18H,11H2,1-6H3;7-10,12,15-18,23H,11H2,1-6H3;6-9,11-12,15-18,22H,10H2,1-5H3;6-9,11,15-18H,10H2,1-5H3;5-9,11,14-17H,10H2,1-4H3;5-9,15-16H,1-4H3/t2*12-,15+,16-,17-,18+;11-,12?,15-,16+,17+,18-;11-,15-,16+,17+,18-;11-,14-,15-,16+,17-;5-,6-,7+,8+,9-/m001111/s1. The highest BCUT2D eigenvalue weighted by atomic mass is 32.2. The number of benzene rings is 5. The predicted octanol–water partition coefficient (Wildman–Crippen LogP) is 13.8. The number of aliphatic imine (C=N–C) groups is 6. The Morgan fingerprint density at radius 3 is 0.872 bits per heavy atom. The van der Waals surface area contributed by atoms with Gasteiger partial charge in [0.2, 0.25) is 0 Å². The van der Waals surface area contributed by atoms with Gasteiger partial charge in [0.15, 0.2) is 36.8 Å². The molecule has 5 aromatic carbocycles. The molecule has 12 aliphatic rings. The zero-order valence-corrected chi connectivity index (χ0v) is 96.2. The molecule has 0 amide bonds. The van der Waals surface area contributed by atoms with Crippen molar-refractivity contribution >= 4 is 114 Å². The van der Waals surface area contributed by atoms with Crippen molar-refractivity contribution in [1.29, 1.82) is 0 Å². The molecule has 0 aliphatic carbocycles. The average molecular weight is 2190 g/mol. The van der Waals surface area contributed by atoms with Crippen LogP contribution in [-0.2, 0) is 94.7 Å². The van der Waals surface area contributed by atoms with Gasteiger partial charge in [0.1, 0.15) is 146 Å². The summed E-state index contributed by atoms with van der Waals surface area (Å²) in [4.78, 5) is 63.5. The normalized spacial score (nSPS) is 32.1. The van der Waals surface area contributed by atoms with Crippen molar-refractivity contribution in [2.24, 2.45) is 59.5 Å². The summed E-state index contributed by atoms with van der Waals surface area (Å²) in [7, 11) is 31.6. The first-order valence-corrected chi connectivity index (χ1v) is 55.5. The predicted molar refractivity (Wildman–Crippen MR) is 588 cm³/mol. The van der Waals surface area contributed by atoms with Crippen LogP contribution in [0, 0.1) is 29.6 Å². The number of Topliss-reactive ketones (excluding diaryl/α,β-unsaturated/α-hetero) is 1. The molecule has 6 saturated heterocycles. The summed E-state index contributed by atoms with van der Waals surface area (Å²) in [5.74, 6) is 3.96. The summed E-state index contributed by atoms with van der Waals surface area (Å²) in [5.41, 5.74) is -0.0873. The number of ether oxygens (including phenoxy) is 16. The van der Waals surface area contributed by atoms with Gasteiger partial charge in [0, 0.05) is 114 Å². The average Bonchev–Trinajstić information content (AvgIpc) is 1.65. The number of amidine groups is 6. The molecule has 4 N–H and O–H groups in total. The summed E-state index contributed by atoms with van der Waals surface area (Å²) in [6, 6.07) is 38.1. The molecule has 0 aromatic heterocycles. The van der Waals surface area contributed by atoms with E-state index in [4.69, 9.17) is 101 Å². The number of aliphatic hydroxyl groups excluding tert-OH is 3. The van der Waals surface area contributed by atoms with Crippen molar-refractivity contribution in [1.82, 2.24) is 29.4 Å². The van der Waals surface area contributed by atoms with Crippen LogP contribution >= 0.6 is 70.6 Å². The van der Waals surface area contributed by atoms with Crippen molar-refractivity contribution < 1.29 is 115 Å². The highest BCUT2D eigenvalue weighted by Crippen LogP contribution is 2.50. The van der Waals surface area contributed by atoms with E-state index in [9.17, 15) is 38.8 Å². The Morgan fingerprint density at radius 1 is 0.362 bits per heavy atom. The van der Waals surface area contributed by atoms with Crippen LogP contribution in [0.4, 0.5) is 8.78 Å². The molecule has 34 nitrogen and oxygen atoms in total. The zero-order chi connectivity index (χ0) is 109. The van der Waals surface area contributed by atoms with E-state index in [1.165, 1.54) is 25.6 Å². The summed E-state index contributed by atoms with van der Waals surface area (Å²) in [6.07, 6.45) is -5.93. The fraction of sp³-hybridized carbons (Fsp3) is 0.645. The Labute approximate surface area is 903 Å². The lowest BCUT2D eigenvalue weighted by Gasteiger charge is -2.45.